The van der Waals surface area contributed by atoms with E-state index in [0.717, 1.165) is 42.1 Å². The first-order chi connectivity index (χ1) is 13.2. The van der Waals surface area contributed by atoms with Crippen molar-refractivity contribution in [1.29, 1.82) is 0 Å². The molecule has 4 atom stereocenters. The fourth-order valence-corrected chi connectivity index (χ4v) is 5.17. The summed E-state index contributed by atoms with van der Waals surface area (Å²) in [6, 6.07) is 6.76. The van der Waals surface area contributed by atoms with Gasteiger partial charge in [-0.05, 0) is 94.0 Å². The van der Waals surface area contributed by atoms with E-state index in [2.05, 4.69) is 10.3 Å². The van der Waals surface area contributed by atoms with Crippen molar-refractivity contribution < 1.29 is 14.0 Å². The molecule has 4 rings (SSSR count). The molecule has 1 amide bonds. The van der Waals surface area contributed by atoms with Crippen molar-refractivity contribution >= 4 is 22.6 Å². The number of carbonyl (C=O) groups is 2. The molecule has 2 saturated carbocycles. The molecule has 2 aliphatic rings. The molecule has 0 saturated heterocycles. The quantitative estimate of drug-likeness (QED) is 0.802. The number of nitrogens with zero attached hydrogens (tertiary/aromatic N) is 1. The van der Waals surface area contributed by atoms with Crippen molar-refractivity contribution in [2.75, 3.05) is 0 Å². The highest BCUT2D eigenvalue weighted by molar-refractivity contribution is 6.37. The second-order valence-corrected chi connectivity index (χ2v) is 9.49. The maximum absolute atomic E-state index is 13.8. The highest BCUT2D eigenvalue weighted by Crippen LogP contribution is 2.53. The first kappa shape index (κ1) is 19.0. The summed E-state index contributed by atoms with van der Waals surface area (Å²) in [5.41, 5.74) is 1.58. The van der Waals surface area contributed by atoms with Crippen LogP contribution in [0, 0.1) is 23.6 Å². The van der Waals surface area contributed by atoms with E-state index in [-0.39, 0.29) is 17.5 Å². The normalized spacial score (nSPS) is 27.0. The molecule has 0 bridgehead atoms. The minimum atomic E-state index is -0.454. The fraction of sp³-hybridized carbons (Fsp3) is 0.522. The average molecular weight is 382 g/mol. The molecule has 1 N–H and O–H groups in total. The van der Waals surface area contributed by atoms with Gasteiger partial charge in [-0.2, -0.15) is 0 Å². The molecular weight excluding hydrogens is 355 g/mol. The van der Waals surface area contributed by atoms with E-state index >= 15 is 0 Å². The number of benzene rings is 1. The first-order valence-corrected chi connectivity index (χ1v) is 10.1. The number of pyridine rings is 1. The SMILES string of the molecule is CC(C)(C)NC(=O)C(=O)C1C[C@@H]2C[C@H](c3ccnc4ccc(F)cc34)C[C@@H]2C1. The van der Waals surface area contributed by atoms with E-state index in [0.29, 0.717) is 17.8 Å². The number of hydrogen-bond acceptors (Lipinski definition) is 3. The summed E-state index contributed by atoms with van der Waals surface area (Å²) in [5, 5.41) is 3.68. The van der Waals surface area contributed by atoms with Crippen LogP contribution in [0.2, 0.25) is 0 Å². The molecule has 5 heteroatoms. The molecule has 1 unspecified atom stereocenters. The number of Topliss-reactive ketones (excluding diaryl/α,β-unsaturated/α-hetero) is 1. The Morgan fingerprint density at radius 1 is 1.07 bits per heavy atom. The van der Waals surface area contributed by atoms with Gasteiger partial charge in [0.2, 0.25) is 5.78 Å². The molecule has 0 spiro atoms. The summed E-state index contributed by atoms with van der Waals surface area (Å²) in [6.07, 6.45) is 5.35. The standard InChI is InChI=1S/C23H27FN2O2/c1-23(2,3)26-22(28)21(27)16-10-13-8-15(9-14(13)11-16)18-6-7-25-20-5-4-17(24)12-19(18)20/h4-7,12-16H,8-11H2,1-3H3,(H,26,28)/t13-,14+,15-,16?. The molecule has 2 fully saturated rings. The highest BCUT2D eigenvalue weighted by atomic mass is 19.1. The maximum atomic E-state index is 13.8. The number of ketones is 1. The Morgan fingerprint density at radius 3 is 2.39 bits per heavy atom. The van der Waals surface area contributed by atoms with Gasteiger partial charge in [-0.25, -0.2) is 4.39 Å². The lowest BCUT2D eigenvalue weighted by molar-refractivity contribution is -0.141. The van der Waals surface area contributed by atoms with E-state index in [1.807, 2.05) is 26.8 Å². The number of rotatable bonds is 3. The van der Waals surface area contributed by atoms with Crippen molar-refractivity contribution in [3.05, 3.63) is 41.8 Å². The number of nitrogens with one attached hydrogen (secondary N) is 1. The molecule has 28 heavy (non-hydrogen) atoms. The van der Waals surface area contributed by atoms with Crippen molar-refractivity contribution in [1.82, 2.24) is 10.3 Å². The lowest BCUT2D eigenvalue weighted by Crippen LogP contribution is -2.45. The second-order valence-electron chi connectivity index (χ2n) is 9.49. The van der Waals surface area contributed by atoms with Crippen molar-refractivity contribution in [2.24, 2.45) is 17.8 Å². The molecule has 2 aromatic rings. The van der Waals surface area contributed by atoms with Gasteiger partial charge >= 0.3 is 0 Å². The van der Waals surface area contributed by atoms with E-state index in [1.165, 1.54) is 6.07 Å². The van der Waals surface area contributed by atoms with E-state index in [1.54, 1.807) is 18.3 Å². The second kappa shape index (κ2) is 6.94. The van der Waals surface area contributed by atoms with Crippen LogP contribution in [0.15, 0.2) is 30.5 Å². The molecule has 0 aliphatic heterocycles. The van der Waals surface area contributed by atoms with Crippen LogP contribution in [0.1, 0.15) is 57.9 Å². The Labute approximate surface area is 164 Å². The molecule has 148 valence electrons. The van der Waals surface area contributed by atoms with Crippen LogP contribution in [-0.4, -0.2) is 22.2 Å². The largest absolute Gasteiger partial charge is 0.345 e. The van der Waals surface area contributed by atoms with Crippen molar-refractivity contribution in [3.8, 4) is 0 Å². The summed E-state index contributed by atoms with van der Waals surface area (Å²) in [4.78, 5) is 29.1. The molecule has 1 aromatic carbocycles. The maximum Gasteiger partial charge on any atom is 0.288 e. The molecule has 1 aromatic heterocycles. The Kier molecular flexibility index (Phi) is 4.72. The van der Waals surface area contributed by atoms with Gasteiger partial charge in [-0.3, -0.25) is 14.6 Å². The lowest BCUT2D eigenvalue weighted by atomic mass is 9.89. The third-order valence-corrected chi connectivity index (χ3v) is 6.28. The van der Waals surface area contributed by atoms with Gasteiger partial charge < -0.3 is 5.32 Å². The van der Waals surface area contributed by atoms with Gasteiger partial charge in [0.1, 0.15) is 5.82 Å². The Balaban J connectivity index is 1.46. The number of halogens is 1. The minimum Gasteiger partial charge on any atom is -0.345 e. The van der Waals surface area contributed by atoms with Crippen molar-refractivity contribution in [2.45, 2.75) is 57.9 Å². The zero-order valence-corrected chi connectivity index (χ0v) is 16.7. The number of carbonyl (C=O) groups excluding carboxylic acids is 2. The zero-order valence-electron chi connectivity index (χ0n) is 16.7. The lowest BCUT2D eigenvalue weighted by Gasteiger charge is -2.21. The number of hydrogen-bond donors (Lipinski definition) is 1. The van der Waals surface area contributed by atoms with Gasteiger partial charge in [-0.1, -0.05) is 0 Å². The average Bonchev–Trinajstić information content (AvgIpc) is 3.18. The van der Waals surface area contributed by atoms with Gasteiger partial charge in [0.15, 0.2) is 0 Å². The van der Waals surface area contributed by atoms with Crippen LogP contribution in [0.25, 0.3) is 10.9 Å². The monoisotopic (exact) mass is 382 g/mol. The fourth-order valence-electron chi connectivity index (χ4n) is 5.17. The molecule has 1 heterocycles. The molecule has 4 nitrogen and oxygen atoms in total. The van der Waals surface area contributed by atoms with E-state index in [9.17, 15) is 14.0 Å². The zero-order chi connectivity index (χ0) is 20.1. The van der Waals surface area contributed by atoms with E-state index < -0.39 is 11.4 Å². The van der Waals surface area contributed by atoms with Crippen LogP contribution in [0.3, 0.4) is 0 Å². The highest BCUT2D eigenvalue weighted by Gasteiger charge is 2.45. The summed E-state index contributed by atoms with van der Waals surface area (Å²) < 4.78 is 13.8. The number of amides is 1. The molecule has 2 aliphatic carbocycles. The van der Waals surface area contributed by atoms with Gasteiger partial charge in [-0.15, -0.1) is 0 Å². The van der Waals surface area contributed by atoms with Gasteiger partial charge in [0.05, 0.1) is 5.52 Å². The van der Waals surface area contributed by atoms with Gasteiger partial charge in [0, 0.05) is 23.0 Å². The molecule has 0 radical (unpaired) electrons. The van der Waals surface area contributed by atoms with Crippen LogP contribution in [0.5, 0.6) is 0 Å². The smallest absolute Gasteiger partial charge is 0.288 e. The summed E-state index contributed by atoms with van der Waals surface area (Å²) >= 11 is 0. The summed E-state index contributed by atoms with van der Waals surface area (Å²) in [5.74, 6) is 0.153. The van der Waals surface area contributed by atoms with Crippen LogP contribution >= 0.6 is 0 Å². The molecular formula is C23H27FN2O2. The summed E-state index contributed by atoms with van der Waals surface area (Å²) in [7, 11) is 0. The summed E-state index contributed by atoms with van der Waals surface area (Å²) in [6.45, 7) is 5.65. The Morgan fingerprint density at radius 2 is 1.75 bits per heavy atom. The Hall–Kier alpha value is -2.30. The number of aromatic nitrogens is 1. The topological polar surface area (TPSA) is 59.1 Å². The predicted molar refractivity (Wildman–Crippen MR) is 106 cm³/mol. The van der Waals surface area contributed by atoms with Gasteiger partial charge in [0.25, 0.3) is 5.91 Å². The predicted octanol–water partition coefficient (Wildman–Crippen LogP) is 4.38. The number of fused-ring (bicyclic) bond motifs is 2. The van der Waals surface area contributed by atoms with E-state index in [4.69, 9.17) is 0 Å². The van der Waals surface area contributed by atoms with Crippen LogP contribution in [-0.2, 0) is 9.59 Å². The Bertz CT molecular complexity index is 920. The third kappa shape index (κ3) is 3.67. The van der Waals surface area contributed by atoms with Crippen molar-refractivity contribution in [3.63, 3.8) is 0 Å². The van der Waals surface area contributed by atoms with Crippen LogP contribution in [0.4, 0.5) is 4.39 Å². The minimum absolute atomic E-state index is 0.162. The van der Waals surface area contributed by atoms with Crippen LogP contribution < -0.4 is 5.32 Å². The first-order valence-electron chi connectivity index (χ1n) is 10.1. The third-order valence-electron chi connectivity index (χ3n) is 6.28.